The molecule has 0 radical (unpaired) electrons. The number of hydrogen-bond donors (Lipinski definition) is 4. The lowest BCUT2D eigenvalue weighted by Gasteiger charge is -2.28. The number of aliphatic imine (C=N–C) groups is 1. The molecule has 1 aliphatic carbocycles. The van der Waals surface area contributed by atoms with Crippen molar-refractivity contribution in [3.63, 3.8) is 0 Å². The standard InChI is InChI=1S/C17H14N6S/c18-7-10-14(9-3-1-4-12(20)15(9)21)11(8-19)17(22)23-16(10)13-5-2-6-24-13/h1-6,8,14,20-21H,19H2,(H2,22,23)/b11-8-,20-12?,21-15?. The summed E-state index contributed by atoms with van der Waals surface area (Å²) in [5.41, 5.74) is 13.8. The average molecular weight is 334 g/mol. The molecule has 2 aliphatic rings. The smallest absolute Gasteiger partial charge is 0.129 e. The van der Waals surface area contributed by atoms with Gasteiger partial charge < -0.3 is 11.5 Å². The summed E-state index contributed by atoms with van der Waals surface area (Å²) in [6, 6.07) is 5.94. The number of rotatable bonds is 2. The Morgan fingerprint density at radius 1 is 1.38 bits per heavy atom. The van der Waals surface area contributed by atoms with E-state index >= 15 is 0 Å². The zero-order chi connectivity index (χ0) is 17.3. The minimum Gasteiger partial charge on any atom is -0.404 e. The maximum Gasteiger partial charge on any atom is 0.129 e. The molecule has 1 atom stereocenters. The molecule has 24 heavy (non-hydrogen) atoms. The molecular formula is C17H14N6S. The number of nitriles is 1. The third kappa shape index (κ3) is 2.39. The normalized spacial score (nSPS) is 22.5. The molecule has 0 aromatic carbocycles. The van der Waals surface area contributed by atoms with Gasteiger partial charge in [0.1, 0.15) is 5.84 Å². The highest BCUT2D eigenvalue weighted by Gasteiger charge is 2.35. The van der Waals surface area contributed by atoms with Gasteiger partial charge in [-0.25, -0.2) is 4.99 Å². The Hall–Kier alpha value is -3.24. The molecule has 7 heteroatoms. The number of nitrogens with one attached hydrogen (secondary N) is 2. The second-order valence-corrected chi connectivity index (χ2v) is 6.12. The lowest BCUT2D eigenvalue weighted by atomic mass is 9.77. The highest BCUT2D eigenvalue weighted by atomic mass is 32.1. The van der Waals surface area contributed by atoms with Gasteiger partial charge in [-0.2, -0.15) is 5.26 Å². The van der Waals surface area contributed by atoms with Gasteiger partial charge in [0.2, 0.25) is 0 Å². The van der Waals surface area contributed by atoms with Crippen molar-refractivity contribution in [3.8, 4) is 6.07 Å². The van der Waals surface area contributed by atoms with Crippen LogP contribution >= 0.6 is 11.3 Å². The van der Waals surface area contributed by atoms with Crippen molar-refractivity contribution in [2.24, 2.45) is 22.4 Å². The molecular weight excluding hydrogens is 320 g/mol. The van der Waals surface area contributed by atoms with Gasteiger partial charge in [-0.05, 0) is 23.1 Å². The fraction of sp³-hybridized carbons (Fsp3) is 0.0588. The van der Waals surface area contributed by atoms with E-state index < -0.39 is 5.92 Å². The van der Waals surface area contributed by atoms with Crippen LogP contribution in [0, 0.1) is 28.1 Å². The first kappa shape index (κ1) is 15.6. The molecule has 1 unspecified atom stereocenters. The number of nitrogens with two attached hydrogens (primary N) is 2. The summed E-state index contributed by atoms with van der Waals surface area (Å²) in [4.78, 5) is 5.19. The van der Waals surface area contributed by atoms with Gasteiger partial charge in [0.15, 0.2) is 0 Å². The summed E-state index contributed by atoms with van der Waals surface area (Å²) >= 11 is 1.46. The molecule has 6 N–H and O–H groups in total. The Kier molecular flexibility index (Phi) is 3.98. The molecule has 6 nitrogen and oxygen atoms in total. The lowest BCUT2D eigenvalue weighted by Crippen LogP contribution is -2.32. The predicted octanol–water partition coefficient (Wildman–Crippen LogP) is 2.35. The molecule has 0 saturated carbocycles. The fourth-order valence-corrected chi connectivity index (χ4v) is 3.45. The maximum absolute atomic E-state index is 9.76. The van der Waals surface area contributed by atoms with Gasteiger partial charge in [-0.3, -0.25) is 10.8 Å². The van der Waals surface area contributed by atoms with E-state index in [1.807, 2.05) is 17.5 Å². The van der Waals surface area contributed by atoms with Crippen LogP contribution in [0.25, 0.3) is 5.70 Å². The number of allylic oxidation sites excluding steroid dienone is 5. The van der Waals surface area contributed by atoms with E-state index in [1.54, 1.807) is 12.2 Å². The molecule has 1 aromatic heterocycles. The average Bonchev–Trinajstić information content (AvgIpc) is 3.11. The Bertz CT molecular complexity index is 919. The molecule has 1 aliphatic heterocycles. The summed E-state index contributed by atoms with van der Waals surface area (Å²) in [6.45, 7) is 0. The van der Waals surface area contributed by atoms with Gasteiger partial charge in [-0.15, -0.1) is 11.3 Å². The van der Waals surface area contributed by atoms with E-state index in [-0.39, 0.29) is 17.3 Å². The van der Waals surface area contributed by atoms with Gasteiger partial charge in [-0.1, -0.05) is 18.2 Å². The van der Waals surface area contributed by atoms with Crippen molar-refractivity contribution < 1.29 is 0 Å². The monoisotopic (exact) mass is 334 g/mol. The summed E-state index contributed by atoms with van der Waals surface area (Å²) in [5, 5.41) is 27.7. The van der Waals surface area contributed by atoms with Crippen molar-refractivity contribution in [2.75, 3.05) is 0 Å². The largest absolute Gasteiger partial charge is 0.404 e. The van der Waals surface area contributed by atoms with Crippen molar-refractivity contribution >= 4 is 34.3 Å². The second-order valence-electron chi connectivity index (χ2n) is 5.17. The maximum atomic E-state index is 9.76. The fourth-order valence-electron chi connectivity index (χ4n) is 2.72. The molecule has 0 spiro atoms. The number of thiophene rings is 1. The molecule has 118 valence electrons. The van der Waals surface area contributed by atoms with Gasteiger partial charge >= 0.3 is 0 Å². The van der Waals surface area contributed by atoms with E-state index in [0.717, 1.165) is 4.88 Å². The van der Waals surface area contributed by atoms with E-state index in [1.165, 1.54) is 23.6 Å². The minimum atomic E-state index is -0.604. The van der Waals surface area contributed by atoms with E-state index in [4.69, 9.17) is 22.3 Å². The first-order valence-corrected chi connectivity index (χ1v) is 7.97. The van der Waals surface area contributed by atoms with Gasteiger partial charge in [0.05, 0.1) is 39.6 Å². The quantitative estimate of drug-likeness (QED) is 0.618. The summed E-state index contributed by atoms with van der Waals surface area (Å²) in [5.74, 6) is -0.382. The minimum absolute atomic E-state index is 0.0508. The van der Waals surface area contributed by atoms with Crippen LogP contribution in [-0.2, 0) is 0 Å². The zero-order valence-corrected chi connectivity index (χ0v) is 13.4. The van der Waals surface area contributed by atoms with E-state index in [2.05, 4.69) is 11.1 Å². The summed E-state index contributed by atoms with van der Waals surface area (Å²) in [7, 11) is 0. The first-order chi connectivity index (χ1) is 11.6. The second kappa shape index (κ2) is 6.10. The Labute approximate surface area is 142 Å². The Morgan fingerprint density at radius 2 is 2.17 bits per heavy atom. The highest BCUT2D eigenvalue weighted by molar-refractivity contribution is 7.11. The van der Waals surface area contributed by atoms with Crippen LogP contribution in [0.2, 0.25) is 0 Å². The van der Waals surface area contributed by atoms with Crippen LogP contribution in [0.1, 0.15) is 4.88 Å². The van der Waals surface area contributed by atoms with Crippen LogP contribution in [0.5, 0.6) is 0 Å². The number of amidine groups is 1. The third-order valence-electron chi connectivity index (χ3n) is 3.85. The molecule has 0 amide bonds. The molecule has 2 heterocycles. The number of hydrogen-bond acceptors (Lipinski definition) is 7. The first-order valence-electron chi connectivity index (χ1n) is 7.09. The van der Waals surface area contributed by atoms with Crippen LogP contribution in [0.15, 0.2) is 63.7 Å². The molecule has 3 rings (SSSR count). The SMILES string of the molecule is N#CC1=C(c2cccs2)N=C(N)/C(=C\N)C1C1=CC=CC(=N)C1=N. The summed E-state index contributed by atoms with van der Waals surface area (Å²) in [6.07, 6.45) is 6.26. The molecule has 0 saturated heterocycles. The van der Waals surface area contributed by atoms with Gasteiger partial charge in [0, 0.05) is 11.8 Å². The number of nitrogens with zero attached hydrogens (tertiary/aromatic N) is 2. The molecule has 0 bridgehead atoms. The Balaban J connectivity index is 2.26. The summed E-state index contributed by atoms with van der Waals surface area (Å²) < 4.78 is 0. The van der Waals surface area contributed by atoms with Crippen LogP contribution in [0.3, 0.4) is 0 Å². The van der Waals surface area contributed by atoms with Crippen molar-refractivity contribution in [1.82, 2.24) is 0 Å². The molecule has 0 fully saturated rings. The van der Waals surface area contributed by atoms with E-state index in [0.29, 0.717) is 22.4 Å². The highest BCUT2D eigenvalue weighted by Crippen LogP contribution is 2.39. The van der Waals surface area contributed by atoms with Crippen LogP contribution in [0.4, 0.5) is 0 Å². The van der Waals surface area contributed by atoms with Crippen molar-refractivity contribution in [3.05, 3.63) is 63.5 Å². The lowest BCUT2D eigenvalue weighted by molar-refractivity contribution is 0.914. The topological polar surface area (TPSA) is 136 Å². The predicted molar refractivity (Wildman–Crippen MR) is 96.9 cm³/mol. The van der Waals surface area contributed by atoms with E-state index in [9.17, 15) is 5.26 Å². The third-order valence-corrected chi connectivity index (χ3v) is 4.72. The molecule has 1 aromatic rings. The zero-order valence-electron chi connectivity index (χ0n) is 12.6. The van der Waals surface area contributed by atoms with Crippen molar-refractivity contribution in [2.45, 2.75) is 0 Å². The van der Waals surface area contributed by atoms with Gasteiger partial charge in [0.25, 0.3) is 0 Å². The van der Waals surface area contributed by atoms with Crippen molar-refractivity contribution in [1.29, 1.82) is 16.1 Å². The Morgan fingerprint density at radius 3 is 2.79 bits per heavy atom. The van der Waals surface area contributed by atoms with Crippen LogP contribution in [-0.4, -0.2) is 17.3 Å². The van der Waals surface area contributed by atoms with Crippen LogP contribution < -0.4 is 11.5 Å².